The molecule has 0 saturated heterocycles. The molecule has 5 nitrogen and oxygen atoms in total. The van der Waals surface area contributed by atoms with Gasteiger partial charge in [0.05, 0.1) is 5.56 Å². The van der Waals surface area contributed by atoms with Gasteiger partial charge in [0, 0.05) is 16.0 Å². The third-order valence-electron chi connectivity index (χ3n) is 6.61. The number of hydrogen-bond donors (Lipinski definition) is 0. The minimum atomic E-state index is -1.03. The Balaban J connectivity index is 0.000000252. The number of esters is 1. The summed E-state index contributed by atoms with van der Waals surface area (Å²) in [5, 5.41) is 14.3. The molecule has 1 aliphatic rings. The zero-order valence-electron chi connectivity index (χ0n) is 22.2. The van der Waals surface area contributed by atoms with Crippen LogP contribution in [0.3, 0.4) is 0 Å². The van der Waals surface area contributed by atoms with E-state index in [0.717, 1.165) is 0 Å². The molecule has 0 fully saturated rings. The molecule has 0 radical (unpaired) electrons. The first-order valence-corrected chi connectivity index (χ1v) is 13.7. The van der Waals surface area contributed by atoms with Crippen molar-refractivity contribution in [1.29, 1.82) is 0 Å². The lowest BCUT2D eigenvalue weighted by Crippen LogP contribution is -2.30. The Kier molecular flexibility index (Phi) is 8.07. The molecule has 0 aliphatic heterocycles. The maximum absolute atomic E-state index is 12.8. The van der Waals surface area contributed by atoms with Crippen molar-refractivity contribution < 1.29 is 19.4 Å². The minimum absolute atomic E-state index is 0.0601. The van der Waals surface area contributed by atoms with Crippen LogP contribution in [0, 0.1) is 0 Å². The summed E-state index contributed by atoms with van der Waals surface area (Å²) in [5.74, 6) is 0.682. The predicted octanol–water partition coefficient (Wildman–Crippen LogP) is 6.45. The van der Waals surface area contributed by atoms with Gasteiger partial charge in [0.25, 0.3) is 0 Å². The average Bonchev–Trinajstić information content (AvgIpc) is 3.64. The Morgan fingerprint density at radius 2 is 1.41 bits per heavy atom. The van der Waals surface area contributed by atoms with Crippen LogP contribution in [0.1, 0.15) is 45.0 Å². The van der Waals surface area contributed by atoms with Gasteiger partial charge in [-0.25, -0.2) is 4.79 Å². The number of carbonyl (C=O) groups is 1. The third kappa shape index (κ3) is 6.55. The van der Waals surface area contributed by atoms with Crippen LogP contribution in [-0.4, -0.2) is 31.2 Å². The van der Waals surface area contributed by atoms with Gasteiger partial charge in [-0.15, -0.1) is 11.3 Å². The van der Waals surface area contributed by atoms with Crippen molar-refractivity contribution in [3.8, 4) is 11.5 Å². The zero-order valence-corrected chi connectivity index (χ0v) is 23.0. The monoisotopic (exact) mass is 536 g/mol. The summed E-state index contributed by atoms with van der Waals surface area (Å²) in [6.45, 7) is 1.95. The molecule has 39 heavy (non-hydrogen) atoms. The van der Waals surface area contributed by atoms with Gasteiger partial charge < -0.3 is 14.6 Å². The molecule has 1 aromatic heterocycles. The molecule has 1 aliphatic carbocycles. The summed E-state index contributed by atoms with van der Waals surface area (Å²) >= 11 is 1.94. The maximum atomic E-state index is 12.8. The fourth-order valence-corrected chi connectivity index (χ4v) is 5.23. The lowest BCUT2D eigenvalue weighted by molar-refractivity contribution is -0.411. The largest absolute Gasteiger partial charge is 0.845 e. The van der Waals surface area contributed by atoms with E-state index in [2.05, 4.69) is 24.3 Å². The number of ether oxygens (including phenoxy) is 2. The van der Waals surface area contributed by atoms with E-state index in [0.29, 0.717) is 28.2 Å². The Labute approximate surface area is 232 Å². The van der Waals surface area contributed by atoms with Crippen LogP contribution in [0.25, 0.3) is 10.1 Å². The minimum Gasteiger partial charge on any atom is -0.845 e. The van der Waals surface area contributed by atoms with Crippen molar-refractivity contribution in [3.63, 3.8) is 0 Å². The second-order valence-electron chi connectivity index (χ2n) is 9.63. The molecule has 2 unspecified atom stereocenters. The smallest absolute Gasteiger partial charge is 0.343 e. The SMILES string of the molecule is CC(Oc1ccc(C([O-])c2ccc(OC(=O)c3ccccc3)cc2)cc1)N(C)C.c1ccc2c3c(sc2c1)C3. The Morgan fingerprint density at radius 1 is 0.821 bits per heavy atom. The number of hydrogen-bond acceptors (Lipinski definition) is 6. The van der Waals surface area contributed by atoms with Gasteiger partial charge in [-0.3, -0.25) is 4.90 Å². The van der Waals surface area contributed by atoms with Crippen LogP contribution in [-0.2, 0) is 6.42 Å². The van der Waals surface area contributed by atoms with Crippen molar-refractivity contribution in [2.75, 3.05) is 14.1 Å². The van der Waals surface area contributed by atoms with Gasteiger partial charge in [0.2, 0.25) is 0 Å². The number of fused-ring (bicyclic) bond motifs is 3. The lowest BCUT2D eigenvalue weighted by atomic mass is 10.0. The van der Waals surface area contributed by atoms with Gasteiger partial charge in [-0.1, -0.05) is 77.9 Å². The topological polar surface area (TPSA) is 61.8 Å². The summed E-state index contributed by atoms with van der Waals surface area (Å²) in [6.07, 6.45) is 0.172. The van der Waals surface area contributed by atoms with Crippen LogP contribution in [0.15, 0.2) is 103 Å². The molecule has 1 heterocycles. The first kappa shape index (κ1) is 26.6. The standard InChI is InChI=1S/C24H24NO4.C9H6S/c1-17(25(2)3)28-21-13-9-18(10-14-21)23(26)19-11-15-22(16-12-19)29-24(27)20-7-5-4-6-8-20;1-2-4-8-6(3-1)7-5-9(7)10-8/h4-17,23H,1-3H3;1-4H,5H2/q-1;. The number of carbonyl (C=O) groups excluding carboxylic acids is 1. The van der Waals surface area contributed by atoms with Gasteiger partial charge in [-0.05, 0) is 74.4 Å². The molecule has 0 N–H and O–H groups in total. The van der Waals surface area contributed by atoms with E-state index in [-0.39, 0.29) is 6.23 Å². The highest BCUT2D eigenvalue weighted by molar-refractivity contribution is 7.20. The summed E-state index contributed by atoms with van der Waals surface area (Å²) in [6, 6.07) is 31.2. The number of benzene rings is 4. The highest BCUT2D eigenvalue weighted by atomic mass is 32.1. The highest BCUT2D eigenvalue weighted by Crippen LogP contribution is 2.42. The average molecular weight is 537 g/mol. The number of nitrogens with zero attached hydrogens (tertiary/aromatic N) is 1. The Bertz CT molecular complexity index is 1540. The van der Waals surface area contributed by atoms with Crippen molar-refractivity contribution in [3.05, 3.63) is 130 Å². The van der Waals surface area contributed by atoms with Crippen LogP contribution < -0.4 is 14.6 Å². The molecule has 0 spiro atoms. The van der Waals surface area contributed by atoms with Gasteiger partial charge >= 0.3 is 5.97 Å². The summed E-state index contributed by atoms with van der Waals surface area (Å²) < 4.78 is 12.6. The predicted molar refractivity (Wildman–Crippen MR) is 155 cm³/mol. The zero-order chi connectivity index (χ0) is 27.4. The molecule has 0 bridgehead atoms. The third-order valence-corrected chi connectivity index (χ3v) is 7.83. The number of rotatable bonds is 7. The number of thiophene rings is 1. The molecular weight excluding hydrogens is 506 g/mol. The van der Waals surface area contributed by atoms with E-state index in [1.807, 2.05) is 43.3 Å². The highest BCUT2D eigenvalue weighted by Gasteiger charge is 2.22. The van der Waals surface area contributed by atoms with Crippen molar-refractivity contribution in [2.24, 2.45) is 0 Å². The van der Waals surface area contributed by atoms with E-state index in [1.165, 1.54) is 16.5 Å². The van der Waals surface area contributed by atoms with E-state index >= 15 is 0 Å². The summed E-state index contributed by atoms with van der Waals surface area (Å²) in [4.78, 5) is 15.7. The van der Waals surface area contributed by atoms with E-state index in [4.69, 9.17) is 9.47 Å². The molecule has 5 aromatic rings. The maximum Gasteiger partial charge on any atom is 0.343 e. The molecule has 2 atom stereocenters. The van der Waals surface area contributed by atoms with Crippen LogP contribution in [0.2, 0.25) is 0 Å². The quantitative estimate of drug-likeness (QED) is 0.133. The van der Waals surface area contributed by atoms with Crippen molar-refractivity contribution in [1.82, 2.24) is 4.90 Å². The first-order valence-electron chi connectivity index (χ1n) is 12.8. The fourth-order valence-electron chi connectivity index (χ4n) is 4.06. The molecule has 4 aromatic carbocycles. The van der Waals surface area contributed by atoms with Crippen molar-refractivity contribution in [2.45, 2.75) is 25.7 Å². The summed E-state index contributed by atoms with van der Waals surface area (Å²) in [5.41, 5.74) is 3.31. The lowest BCUT2D eigenvalue weighted by Gasteiger charge is -2.25. The van der Waals surface area contributed by atoms with Crippen LogP contribution in [0.5, 0.6) is 11.5 Å². The molecule has 0 saturated carbocycles. The second-order valence-corrected chi connectivity index (χ2v) is 10.8. The molecular formula is C33H30NO4S-. The molecule has 6 rings (SSSR count). The molecule has 6 heteroatoms. The Hall–Kier alpha value is -3.97. The van der Waals surface area contributed by atoms with Crippen LogP contribution in [0.4, 0.5) is 0 Å². The second kappa shape index (κ2) is 11.8. The van der Waals surface area contributed by atoms with Gasteiger partial charge in [0.15, 0.2) is 0 Å². The Morgan fingerprint density at radius 3 is 2.03 bits per heavy atom. The van der Waals surface area contributed by atoms with E-state index in [1.54, 1.807) is 83.2 Å². The molecule has 198 valence electrons. The fraction of sp³-hybridized carbons (Fsp3) is 0.182. The summed E-state index contributed by atoms with van der Waals surface area (Å²) in [7, 11) is 3.88. The normalized spacial score (nSPS) is 13.2. The molecule has 0 amide bonds. The van der Waals surface area contributed by atoms with Gasteiger partial charge in [0.1, 0.15) is 17.7 Å². The van der Waals surface area contributed by atoms with E-state index in [9.17, 15) is 9.90 Å². The van der Waals surface area contributed by atoms with E-state index < -0.39 is 12.1 Å². The van der Waals surface area contributed by atoms with Crippen molar-refractivity contribution >= 4 is 27.4 Å². The van der Waals surface area contributed by atoms with Gasteiger partial charge in [-0.2, -0.15) is 0 Å². The first-order chi connectivity index (χ1) is 18.9. The van der Waals surface area contributed by atoms with Crippen LogP contribution >= 0.6 is 11.3 Å².